The summed E-state index contributed by atoms with van der Waals surface area (Å²) in [6, 6.07) is 5.34. The van der Waals surface area contributed by atoms with Crippen LogP contribution in [0.2, 0.25) is 0 Å². The molecule has 1 aromatic heterocycles. The number of nitrogens with zero attached hydrogens (tertiary/aromatic N) is 4. The van der Waals surface area contributed by atoms with Crippen LogP contribution in [-0.4, -0.2) is 53.2 Å². The molecular formula is C14H17N5O4S. The number of hydrogen-bond donors (Lipinski definition) is 1. The van der Waals surface area contributed by atoms with Gasteiger partial charge < -0.3 is 4.74 Å². The third-order valence-corrected chi connectivity index (χ3v) is 5.75. The van der Waals surface area contributed by atoms with Crippen LogP contribution in [0.5, 0.6) is 5.75 Å². The fraction of sp³-hybridized carbons (Fsp3) is 0.357. The van der Waals surface area contributed by atoms with Gasteiger partial charge in [-0.15, -0.1) is 10.2 Å². The topological polar surface area (TPSA) is 106 Å². The van der Waals surface area contributed by atoms with Gasteiger partial charge in [-0.2, -0.15) is 4.31 Å². The molecule has 0 saturated carbocycles. The van der Waals surface area contributed by atoms with Crippen LogP contribution in [0.4, 0.5) is 0 Å². The lowest BCUT2D eigenvalue weighted by Gasteiger charge is -2.23. The number of aromatic nitrogens is 3. The highest BCUT2D eigenvalue weighted by molar-refractivity contribution is 7.89. The molecule has 3 rings (SSSR count). The maximum Gasteiger partial charge on any atom is 0.257 e. The van der Waals surface area contributed by atoms with Crippen molar-refractivity contribution in [1.29, 1.82) is 0 Å². The van der Waals surface area contributed by atoms with Crippen molar-refractivity contribution in [2.45, 2.75) is 23.8 Å². The van der Waals surface area contributed by atoms with E-state index in [2.05, 4.69) is 15.6 Å². The first-order valence-corrected chi connectivity index (χ1v) is 8.78. The van der Waals surface area contributed by atoms with Crippen molar-refractivity contribution in [3.05, 3.63) is 36.9 Å². The van der Waals surface area contributed by atoms with E-state index < -0.39 is 22.0 Å². The number of hydrogen-bond acceptors (Lipinski definition) is 6. The summed E-state index contributed by atoms with van der Waals surface area (Å²) in [7, 11) is -2.25. The third-order valence-electron chi connectivity index (χ3n) is 3.83. The van der Waals surface area contributed by atoms with Gasteiger partial charge in [0.1, 0.15) is 24.4 Å². The zero-order valence-electron chi connectivity index (χ0n) is 13.0. The molecule has 0 unspecified atom stereocenters. The van der Waals surface area contributed by atoms with E-state index in [1.54, 1.807) is 12.1 Å². The molecule has 9 nitrogen and oxygen atoms in total. The maximum absolute atomic E-state index is 12.8. The molecule has 0 aliphatic carbocycles. The summed E-state index contributed by atoms with van der Waals surface area (Å²) in [6.07, 6.45) is 3.74. The van der Waals surface area contributed by atoms with Gasteiger partial charge in [0, 0.05) is 6.54 Å². The Morgan fingerprint density at radius 3 is 2.54 bits per heavy atom. The first kappa shape index (κ1) is 16.4. The molecule has 128 valence electrons. The second-order valence-corrected chi connectivity index (χ2v) is 7.19. The van der Waals surface area contributed by atoms with Gasteiger partial charge in [-0.25, -0.2) is 13.1 Å². The highest BCUT2D eigenvalue weighted by Gasteiger charge is 2.39. The van der Waals surface area contributed by atoms with E-state index in [0.29, 0.717) is 25.1 Å². The zero-order chi connectivity index (χ0) is 17.2. The molecule has 0 radical (unpaired) electrons. The molecule has 1 fully saturated rings. The van der Waals surface area contributed by atoms with Crippen molar-refractivity contribution in [2.75, 3.05) is 19.1 Å². The van der Waals surface area contributed by atoms with Crippen LogP contribution in [0.1, 0.15) is 12.8 Å². The quantitative estimate of drug-likeness (QED) is 0.825. The number of amides is 1. The Morgan fingerprint density at radius 2 is 1.92 bits per heavy atom. The van der Waals surface area contributed by atoms with Crippen LogP contribution < -0.4 is 10.2 Å². The molecule has 24 heavy (non-hydrogen) atoms. The summed E-state index contributed by atoms with van der Waals surface area (Å²) in [5.41, 5.74) is 2.56. The van der Waals surface area contributed by atoms with Crippen LogP contribution in [0.25, 0.3) is 0 Å². The number of ether oxygens (including phenoxy) is 1. The van der Waals surface area contributed by atoms with Gasteiger partial charge >= 0.3 is 0 Å². The zero-order valence-corrected chi connectivity index (χ0v) is 13.8. The molecule has 10 heteroatoms. The minimum absolute atomic E-state index is 0.132. The monoisotopic (exact) mass is 351 g/mol. The van der Waals surface area contributed by atoms with Crippen molar-refractivity contribution in [3.63, 3.8) is 0 Å². The molecular weight excluding hydrogens is 334 g/mol. The van der Waals surface area contributed by atoms with Crippen LogP contribution in [0, 0.1) is 0 Å². The molecule has 1 amide bonds. The maximum atomic E-state index is 12.8. The van der Waals surface area contributed by atoms with Gasteiger partial charge in [0.15, 0.2) is 0 Å². The number of nitrogens with one attached hydrogen (secondary N) is 1. The van der Waals surface area contributed by atoms with Gasteiger partial charge in [-0.3, -0.25) is 10.2 Å². The van der Waals surface area contributed by atoms with Gasteiger partial charge in [0.05, 0.1) is 12.0 Å². The minimum atomic E-state index is -3.76. The first-order valence-electron chi connectivity index (χ1n) is 7.34. The second kappa shape index (κ2) is 6.57. The van der Waals surface area contributed by atoms with Crippen LogP contribution in [0.3, 0.4) is 0 Å². The largest absolute Gasteiger partial charge is 0.497 e. The van der Waals surface area contributed by atoms with E-state index in [1.807, 2.05) is 0 Å². The molecule has 0 bridgehead atoms. The third kappa shape index (κ3) is 3.10. The number of methoxy groups -OCH3 is 1. The predicted molar refractivity (Wildman–Crippen MR) is 84.3 cm³/mol. The average Bonchev–Trinajstić information content (AvgIpc) is 3.26. The number of carbonyl (C=O) groups excluding carboxylic acids is 1. The number of carbonyl (C=O) groups is 1. The normalized spacial score (nSPS) is 18.5. The highest BCUT2D eigenvalue weighted by atomic mass is 32.2. The van der Waals surface area contributed by atoms with Crippen LogP contribution in [0.15, 0.2) is 41.8 Å². The fourth-order valence-electron chi connectivity index (χ4n) is 2.63. The average molecular weight is 351 g/mol. The summed E-state index contributed by atoms with van der Waals surface area (Å²) in [6.45, 7) is 0.300. The van der Waals surface area contributed by atoms with Gasteiger partial charge in [-0.05, 0) is 37.1 Å². The summed E-state index contributed by atoms with van der Waals surface area (Å²) in [5.74, 6) is 0.154. The SMILES string of the molecule is COc1ccc(S(=O)(=O)N2CCC[C@@H]2C(=O)Nn2cnnc2)cc1. The Morgan fingerprint density at radius 1 is 1.25 bits per heavy atom. The summed E-state index contributed by atoms with van der Waals surface area (Å²) < 4.78 is 33.2. The van der Waals surface area contributed by atoms with Crippen molar-refractivity contribution < 1.29 is 17.9 Å². The van der Waals surface area contributed by atoms with Crippen molar-refractivity contribution in [2.24, 2.45) is 0 Å². The fourth-order valence-corrected chi connectivity index (χ4v) is 4.29. The van der Waals surface area contributed by atoms with E-state index in [0.717, 1.165) is 0 Å². The van der Waals surface area contributed by atoms with Crippen LogP contribution in [-0.2, 0) is 14.8 Å². The second-order valence-electron chi connectivity index (χ2n) is 5.29. The van der Waals surface area contributed by atoms with Crippen molar-refractivity contribution in [1.82, 2.24) is 19.2 Å². The molecule has 1 N–H and O–H groups in total. The molecule has 2 heterocycles. The molecule has 1 atom stereocenters. The Labute approximate surface area is 139 Å². The van der Waals surface area contributed by atoms with Crippen molar-refractivity contribution >= 4 is 15.9 Å². The highest BCUT2D eigenvalue weighted by Crippen LogP contribution is 2.27. The lowest BCUT2D eigenvalue weighted by Crippen LogP contribution is -2.44. The molecule has 0 spiro atoms. The Balaban J connectivity index is 1.81. The summed E-state index contributed by atoms with van der Waals surface area (Å²) in [5, 5.41) is 7.18. The van der Waals surface area contributed by atoms with Gasteiger partial charge in [0.25, 0.3) is 5.91 Å². The van der Waals surface area contributed by atoms with Crippen LogP contribution >= 0.6 is 0 Å². The van der Waals surface area contributed by atoms with E-state index in [9.17, 15) is 13.2 Å². The lowest BCUT2D eigenvalue weighted by atomic mass is 10.2. The molecule has 1 aliphatic rings. The van der Waals surface area contributed by atoms with Gasteiger partial charge in [-0.1, -0.05) is 0 Å². The standard InChI is InChI=1S/C14H17N5O4S/c1-23-11-4-6-12(7-5-11)24(21,22)19-8-2-3-13(19)14(20)17-18-9-15-16-10-18/h4-7,9-10,13H,2-3,8H2,1H3,(H,17,20)/t13-/m1/s1. The van der Waals surface area contributed by atoms with Gasteiger partial charge in [0.2, 0.25) is 10.0 Å². The van der Waals surface area contributed by atoms with E-state index in [1.165, 1.54) is 40.9 Å². The lowest BCUT2D eigenvalue weighted by molar-refractivity contribution is -0.120. The predicted octanol–water partition coefficient (Wildman–Crippen LogP) is 0.210. The Kier molecular flexibility index (Phi) is 4.49. The summed E-state index contributed by atoms with van der Waals surface area (Å²) >= 11 is 0. The molecule has 1 aromatic carbocycles. The number of sulfonamides is 1. The van der Waals surface area contributed by atoms with E-state index in [4.69, 9.17) is 4.74 Å². The number of benzene rings is 1. The Bertz CT molecular complexity index is 804. The molecule has 2 aromatic rings. The molecule has 1 aliphatic heterocycles. The first-order chi connectivity index (χ1) is 11.5. The van der Waals surface area contributed by atoms with Crippen molar-refractivity contribution in [3.8, 4) is 5.75 Å². The van der Waals surface area contributed by atoms with E-state index in [-0.39, 0.29) is 4.90 Å². The number of rotatable bonds is 5. The summed E-state index contributed by atoms with van der Waals surface area (Å²) in [4.78, 5) is 12.5. The van der Waals surface area contributed by atoms with E-state index >= 15 is 0 Å². The molecule has 1 saturated heterocycles. The smallest absolute Gasteiger partial charge is 0.257 e. The Hall–Kier alpha value is -2.46. The minimum Gasteiger partial charge on any atom is -0.497 e.